The minimum Gasteiger partial charge on any atom is -0.335 e. The van der Waals surface area contributed by atoms with E-state index in [-0.39, 0.29) is 0 Å². The third kappa shape index (κ3) is 1.27. The summed E-state index contributed by atoms with van der Waals surface area (Å²) in [6.07, 6.45) is 5.13. The number of rotatable bonds is 1. The van der Waals surface area contributed by atoms with Crippen LogP contribution in [0.3, 0.4) is 0 Å². The lowest BCUT2D eigenvalue weighted by molar-refractivity contribution is 0.756. The van der Waals surface area contributed by atoms with E-state index >= 15 is 0 Å². The van der Waals surface area contributed by atoms with E-state index in [4.69, 9.17) is 0 Å². The number of aromatic nitrogens is 6. The first-order valence-electron chi connectivity index (χ1n) is 4.90. The second-order valence-corrected chi connectivity index (χ2v) is 3.65. The molecule has 80 valence electrons. The number of aromatic amines is 1. The van der Waals surface area contributed by atoms with Crippen molar-refractivity contribution in [1.82, 2.24) is 29.7 Å². The molecule has 1 N–H and O–H groups in total. The standard InChI is InChI=1S/C10H10N6/c1-6-7(4-16(2)15-6)9-13-8-3-11-5-12-10(8)14-9/h3-5H,1-2H3,(H,11,12,13,14). The van der Waals surface area contributed by atoms with Gasteiger partial charge in [-0.05, 0) is 6.92 Å². The predicted octanol–water partition coefficient (Wildman–Crippen LogP) is 1.06. The lowest BCUT2D eigenvalue weighted by Gasteiger charge is -1.89. The number of fused-ring (bicyclic) bond motifs is 1. The van der Waals surface area contributed by atoms with Crippen molar-refractivity contribution in [2.45, 2.75) is 6.92 Å². The van der Waals surface area contributed by atoms with E-state index in [1.165, 1.54) is 6.33 Å². The first kappa shape index (κ1) is 9.02. The molecule has 3 aromatic heterocycles. The molecule has 0 radical (unpaired) electrons. The summed E-state index contributed by atoms with van der Waals surface area (Å²) in [6, 6.07) is 0. The van der Waals surface area contributed by atoms with Crippen molar-refractivity contribution < 1.29 is 0 Å². The molecule has 3 heterocycles. The van der Waals surface area contributed by atoms with E-state index in [1.807, 2.05) is 20.2 Å². The average Bonchev–Trinajstić information content (AvgIpc) is 2.81. The second-order valence-electron chi connectivity index (χ2n) is 3.65. The zero-order chi connectivity index (χ0) is 11.1. The maximum absolute atomic E-state index is 4.40. The van der Waals surface area contributed by atoms with Crippen LogP contribution < -0.4 is 0 Å². The highest BCUT2D eigenvalue weighted by Gasteiger charge is 2.10. The molecular formula is C10H10N6. The van der Waals surface area contributed by atoms with Crippen molar-refractivity contribution >= 4 is 11.2 Å². The minimum absolute atomic E-state index is 0.674. The molecule has 6 nitrogen and oxygen atoms in total. The highest BCUT2D eigenvalue weighted by molar-refractivity contribution is 5.75. The molecular weight excluding hydrogens is 204 g/mol. The Morgan fingerprint density at radius 3 is 2.94 bits per heavy atom. The Morgan fingerprint density at radius 2 is 2.25 bits per heavy atom. The highest BCUT2D eigenvalue weighted by atomic mass is 15.3. The molecule has 3 aromatic rings. The molecule has 16 heavy (non-hydrogen) atoms. The van der Waals surface area contributed by atoms with Gasteiger partial charge in [0.2, 0.25) is 0 Å². The van der Waals surface area contributed by atoms with Gasteiger partial charge in [0.1, 0.15) is 17.7 Å². The molecule has 0 atom stereocenters. The van der Waals surface area contributed by atoms with Crippen LogP contribution >= 0.6 is 0 Å². The third-order valence-corrected chi connectivity index (χ3v) is 2.43. The Kier molecular flexibility index (Phi) is 1.76. The number of nitrogens with zero attached hydrogens (tertiary/aromatic N) is 5. The van der Waals surface area contributed by atoms with Gasteiger partial charge in [-0.1, -0.05) is 0 Å². The molecule has 0 bridgehead atoms. The number of hydrogen-bond acceptors (Lipinski definition) is 4. The van der Waals surface area contributed by atoms with Crippen molar-refractivity contribution in [3.63, 3.8) is 0 Å². The lowest BCUT2D eigenvalue weighted by Crippen LogP contribution is -1.86. The molecule has 0 fully saturated rings. The fourth-order valence-electron chi connectivity index (χ4n) is 1.72. The van der Waals surface area contributed by atoms with Crippen LogP contribution in [0.25, 0.3) is 22.6 Å². The van der Waals surface area contributed by atoms with Crippen LogP contribution in [0.2, 0.25) is 0 Å². The molecule has 6 heteroatoms. The van der Waals surface area contributed by atoms with Crippen LogP contribution in [0.15, 0.2) is 18.7 Å². The van der Waals surface area contributed by atoms with Gasteiger partial charge in [-0.15, -0.1) is 0 Å². The van der Waals surface area contributed by atoms with Crippen molar-refractivity contribution in [2.24, 2.45) is 7.05 Å². The van der Waals surface area contributed by atoms with E-state index in [1.54, 1.807) is 10.9 Å². The van der Waals surface area contributed by atoms with Crippen molar-refractivity contribution in [3.05, 3.63) is 24.4 Å². The van der Waals surface area contributed by atoms with Gasteiger partial charge in [0, 0.05) is 13.2 Å². The number of imidazole rings is 1. The fraction of sp³-hybridized carbons (Fsp3) is 0.200. The zero-order valence-corrected chi connectivity index (χ0v) is 8.97. The summed E-state index contributed by atoms with van der Waals surface area (Å²) in [5.74, 6) is 0.779. The first-order valence-corrected chi connectivity index (χ1v) is 4.90. The Morgan fingerprint density at radius 1 is 1.38 bits per heavy atom. The van der Waals surface area contributed by atoms with Gasteiger partial charge in [-0.2, -0.15) is 5.10 Å². The number of aryl methyl sites for hydroxylation is 2. The monoisotopic (exact) mass is 214 g/mol. The normalized spacial score (nSPS) is 11.1. The van der Waals surface area contributed by atoms with E-state index in [0.29, 0.717) is 5.65 Å². The summed E-state index contributed by atoms with van der Waals surface area (Å²) in [6.45, 7) is 1.95. The lowest BCUT2D eigenvalue weighted by atomic mass is 10.2. The van der Waals surface area contributed by atoms with Gasteiger partial charge in [0.25, 0.3) is 0 Å². The van der Waals surface area contributed by atoms with Crippen LogP contribution in [0.4, 0.5) is 0 Å². The number of H-pyrrole nitrogens is 1. The van der Waals surface area contributed by atoms with Gasteiger partial charge in [-0.25, -0.2) is 15.0 Å². The van der Waals surface area contributed by atoms with Gasteiger partial charge in [0.15, 0.2) is 5.65 Å². The molecule has 3 rings (SSSR count). The summed E-state index contributed by atoms with van der Waals surface area (Å²) in [5.41, 5.74) is 3.43. The minimum atomic E-state index is 0.674. The summed E-state index contributed by atoms with van der Waals surface area (Å²) in [7, 11) is 1.89. The maximum atomic E-state index is 4.40. The molecule has 0 aliphatic rings. The van der Waals surface area contributed by atoms with Crippen LogP contribution in [-0.2, 0) is 7.05 Å². The van der Waals surface area contributed by atoms with E-state index in [9.17, 15) is 0 Å². The number of nitrogens with one attached hydrogen (secondary N) is 1. The SMILES string of the molecule is Cc1nn(C)cc1-c1nc2ncncc2[nH]1. The Bertz CT molecular complexity index is 617. The summed E-state index contributed by atoms with van der Waals surface area (Å²) in [4.78, 5) is 15.6. The van der Waals surface area contributed by atoms with E-state index in [2.05, 4.69) is 25.0 Å². The van der Waals surface area contributed by atoms with E-state index < -0.39 is 0 Å². The average molecular weight is 214 g/mol. The maximum Gasteiger partial charge on any atom is 0.181 e. The van der Waals surface area contributed by atoms with Gasteiger partial charge < -0.3 is 4.98 Å². The molecule has 0 aliphatic heterocycles. The molecule has 0 aromatic carbocycles. The molecule has 0 saturated heterocycles. The largest absolute Gasteiger partial charge is 0.335 e. The summed E-state index contributed by atoms with van der Waals surface area (Å²) >= 11 is 0. The van der Waals surface area contributed by atoms with Crippen LogP contribution in [0.1, 0.15) is 5.69 Å². The zero-order valence-electron chi connectivity index (χ0n) is 8.97. The predicted molar refractivity (Wildman–Crippen MR) is 58.6 cm³/mol. The Labute approximate surface area is 91.4 Å². The topological polar surface area (TPSA) is 72.3 Å². The highest BCUT2D eigenvalue weighted by Crippen LogP contribution is 2.20. The molecule has 0 amide bonds. The molecule has 0 saturated carbocycles. The van der Waals surface area contributed by atoms with Crippen LogP contribution in [0, 0.1) is 6.92 Å². The molecule has 0 unspecified atom stereocenters. The van der Waals surface area contributed by atoms with E-state index in [0.717, 1.165) is 22.6 Å². The summed E-state index contributed by atoms with van der Waals surface area (Å²) in [5, 5.41) is 4.28. The van der Waals surface area contributed by atoms with Crippen molar-refractivity contribution in [1.29, 1.82) is 0 Å². The van der Waals surface area contributed by atoms with Gasteiger partial charge in [0.05, 0.1) is 17.5 Å². The quantitative estimate of drug-likeness (QED) is 0.657. The van der Waals surface area contributed by atoms with Gasteiger partial charge in [-0.3, -0.25) is 4.68 Å². The third-order valence-electron chi connectivity index (χ3n) is 2.43. The molecule has 0 aliphatic carbocycles. The van der Waals surface area contributed by atoms with Crippen molar-refractivity contribution in [2.75, 3.05) is 0 Å². The second kappa shape index (κ2) is 3.13. The summed E-state index contributed by atoms with van der Waals surface area (Å²) < 4.78 is 1.77. The van der Waals surface area contributed by atoms with Crippen molar-refractivity contribution in [3.8, 4) is 11.4 Å². The first-order chi connectivity index (χ1) is 7.74. The fourth-order valence-corrected chi connectivity index (χ4v) is 1.72. The van der Waals surface area contributed by atoms with Crippen LogP contribution in [0.5, 0.6) is 0 Å². The smallest absolute Gasteiger partial charge is 0.181 e. The Balaban J connectivity index is 2.22. The Hall–Kier alpha value is -2.24. The molecule has 0 spiro atoms. The van der Waals surface area contributed by atoms with Gasteiger partial charge >= 0.3 is 0 Å². The number of hydrogen-bond donors (Lipinski definition) is 1. The van der Waals surface area contributed by atoms with Crippen LogP contribution in [-0.4, -0.2) is 29.7 Å².